The first-order chi connectivity index (χ1) is 28.6. The number of hydrogen-bond acceptors (Lipinski definition) is 1. The minimum atomic E-state index is -0.702. The maximum Gasteiger partial charge on any atom is 0.136 e. The summed E-state index contributed by atoms with van der Waals surface area (Å²) in [5, 5.41) is 1.77. The minimum Gasteiger partial charge on any atom is -0.456 e. The molecule has 0 bridgehead atoms. The van der Waals surface area contributed by atoms with Gasteiger partial charge in [0.1, 0.15) is 11.2 Å². The van der Waals surface area contributed by atoms with Gasteiger partial charge in [-0.15, -0.1) is 0 Å². The molecule has 0 aliphatic rings. The van der Waals surface area contributed by atoms with Crippen LogP contribution < -0.4 is 0 Å². The molecule has 0 atom stereocenters. The molecule has 0 amide bonds. The van der Waals surface area contributed by atoms with Gasteiger partial charge in [-0.3, -0.25) is 0 Å². The van der Waals surface area contributed by atoms with Crippen molar-refractivity contribution in [1.82, 2.24) is 0 Å². The molecule has 0 spiro atoms. The van der Waals surface area contributed by atoms with E-state index in [2.05, 4.69) is 0 Å². The van der Waals surface area contributed by atoms with Gasteiger partial charge in [0.25, 0.3) is 0 Å². The largest absolute Gasteiger partial charge is 0.456 e. The third kappa shape index (κ3) is 4.09. The molecule has 9 aromatic rings. The van der Waals surface area contributed by atoms with Crippen molar-refractivity contribution in [1.29, 1.82) is 0 Å². The lowest BCUT2D eigenvalue weighted by atomic mass is 9.83. The Morgan fingerprint density at radius 1 is 0.378 bits per heavy atom. The van der Waals surface area contributed by atoms with E-state index in [-0.39, 0.29) is 50.7 Å². The van der Waals surface area contributed by atoms with Crippen molar-refractivity contribution in [2.75, 3.05) is 0 Å². The van der Waals surface area contributed by atoms with E-state index in [0.717, 1.165) is 0 Å². The lowest BCUT2D eigenvalue weighted by molar-refractivity contribution is 0.669. The van der Waals surface area contributed by atoms with E-state index in [1.165, 1.54) is 0 Å². The summed E-state index contributed by atoms with van der Waals surface area (Å²) in [4.78, 5) is 0. The molecule has 9 rings (SSSR count). The maximum atomic E-state index is 9.57. The van der Waals surface area contributed by atoms with Crippen LogP contribution in [0.25, 0.3) is 88.0 Å². The summed E-state index contributed by atoms with van der Waals surface area (Å²) < 4.78 is 139. The highest BCUT2D eigenvalue weighted by Gasteiger charge is 2.21. The van der Waals surface area contributed by atoms with Gasteiger partial charge in [-0.05, 0) is 84.2 Å². The summed E-state index contributed by atoms with van der Waals surface area (Å²) in [5.74, 6) is 0. The zero-order chi connectivity index (χ0) is 42.8. The molecule has 0 N–H and O–H groups in total. The quantitative estimate of drug-likeness (QED) is 0.187. The number of benzene rings is 8. The summed E-state index contributed by atoms with van der Waals surface area (Å²) in [7, 11) is 0. The molecular formula is C44H28O. The van der Waals surface area contributed by atoms with Gasteiger partial charge >= 0.3 is 0 Å². The fourth-order valence-corrected chi connectivity index (χ4v) is 6.13. The first-order valence-electron chi connectivity index (χ1n) is 21.7. The molecule has 0 unspecified atom stereocenters. The average molecular weight is 588 g/mol. The highest BCUT2D eigenvalue weighted by Crippen LogP contribution is 2.48. The molecule has 0 radical (unpaired) electrons. The van der Waals surface area contributed by atoms with Crippen molar-refractivity contribution in [3.63, 3.8) is 0 Å². The van der Waals surface area contributed by atoms with E-state index in [1.54, 1.807) is 78.9 Å². The molecule has 0 fully saturated rings. The molecule has 0 aliphatic heterocycles. The third-order valence-electron chi connectivity index (χ3n) is 8.00. The molecule has 0 saturated heterocycles. The van der Waals surface area contributed by atoms with Gasteiger partial charge in [0, 0.05) is 10.8 Å². The van der Waals surface area contributed by atoms with E-state index < -0.39 is 89.7 Å². The van der Waals surface area contributed by atoms with Gasteiger partial charge in [-0.2, -0.15) is 0 Å². The maximum absolute atomic E-state index is 9.57. The number of furan rings is 1. The Bertz CT molecular complexity index is 3290. The minimum absolute atomic E-state index is 0.0274. The van der Waals surface area contributed by atoms with E-state index in [0.29, 0.717) is 38.2 Å². The Morgan fingerprint density at radius 2 is 0.956 bits per heavy atom. The lowest BCUT2D eigenvalue weighted by Crippen LogP contribution is -1.93. The molecule has 8 aromatic carbocycles. The van der Waals surface area contributed by atoms with Gasteiger partial charge < -0.3 is 4.42 Å². The normalized spacial score (nSPS) is 16.2. The van der Waals surface area contributed by atoms with Crippen LogP contribution in [0.3, 0.4) is 0 Å². The molecule has 0 aliphatic carbocycles. The summed E-state index contributed by atoms with van der Waals surface area (Å²) in [6.07, 6.45) is 0. The van der Waals surface area contributed by atoms with Crippen LogP contribution in [0, 0.1) is 0 Å². The van der Waals surface area contributed by atoms with Crippen LogP contribution in [0.5, 0.6) is 0 Å². The Labute approximate surface area is 282 Å². The number of fused-ring (bicyclic) bond motifs is 5. The Kier molecular flexibility index (Phi) is 3.39. The van der Waals surface area contributed by atoms with Gasteiger partial charge in [0.15, 0.2) is 0 Å². The fraction of sp³-hybridized carbons (Fsp3) is 0. The van der Waals surface area contributed by atoms with Crippen molar-refractivity contribution in [3.8, 4) is 44.5 Å². The zero-order valence-corrected chi connectivity index (χ0v) is 23.4. The fourth-order valence-electron chi connectivity index (χ4n) is 6.13. The molecule has 1 heterocycles. The summed E-state index contributed by atoms with van der Waals surface area (Å²) >= 11 is 0. The predicted molar refractivity (Wildman–Crippen MR) is 190 cm³/mol. The van der Waals surface area contributed by atoms with Gasteiger partial charge in [-0.25, -0.2) is 0 Å². The third-order valence-corrected chi connectivity index (χ3v) is 8.00. The highest BCUT2D eigenvalue weighted by molar-refractivity contribution is 6.26. The lowest BCUT2D eigenvalue weighted by Gasteiger charge is -2.20. The molecule has 1 heteroatoms. The topological polar surface area (TPSA) is 13.1 Å². The first kappa shape index (κ1) is 14.7. The van der Waals surface area contributed by atoms with Crippen LogP contribution in [0.1, 0.15) is 20.6 Å². The predicted octanol–water partition coefficient (Wildman–Crippen LogP) is 12.6. The van der Waals surface area contributed by atoms with Crippen molar-refractivity contribution < 1.29 is 25.0 Å². The Morgan fingerprint density at radius 3 is 1.64 bits per heavy atom. The second-order valence-corrected chi connectivity index (χ2v) is 10.5. The van der Waals surface area contributed by atoms with Gasteiger partial charge in [0.2, 0.25) is 0 Å². The van der Waals surface area contributed by atoms with Crippen molar-refractivity contribution in [2.24, 2.45) is 0 Å². The van der Waals surface area contributed by atoms with Crippen LogP contribution in [-0.2, 0) is 0 Å². The first-order valence-corrected chi connectivity index (χ1v) is 14.2. The Hall–Kier alpha value is -5.92. The second kappa shape index (κ2) is 10.4. The smallest absolute Gasteiger partial charge is 0.136 e. The highest BCUT2D eigenvalue weighted by atomic mass is 16.3. The SMILES string of the molecule is [2H]c1c([2H])c([2H])c(-c2c([2H])c([2H])c3oc4c([2H])c([2H])c([2H])c(-c5c6ccccc6c(-c6c([2H])c([2H])c([2H])c([2H])c6-c6ccccc6)c6ccccc56)c4c3c2[2H])c([2H])c1[2H]. The number of rotatable bonds is 4. The molecular weight excluding hydrogens is 544 g/mol. The molecule has 1 aromatic heterocycles. The van der Waals surface area contributed by atoms with Gasteiger partial charge in [-0.1, -0.05) is 151 Å². The zero-order valence-electron chi connectivity index (χ0n) is 38.4. The second-order valence-electron chi connectivity index (χ2n) is 10.5. The molecule has 0 saturated carbocycles. The van der Waals surface area contributed by atoms with Crippen LogP contribution >= 0.6 is 0 Å². The van der Waals surface area contributed by atoms with Crippen molar-refractivity contribution in [2.45, 2.75) is 0 Å². The molecule has 45 heavy (non-hydrogen) atoms. The average Bonchev–Trinajstić information content (AvgIpc) is 3.66. The van der Waals surface area contributed by atoms with E-state index in [4.69, 9.17) is 20.9 Å². The van der Waals surface area contributed by atoms with E-state index in [1.807, 2.05) is 0 Å². The van der Waals surface area contributed by atoms with E-state index >= 15 is 0 Å². The Balaban J connectivity index is 1.51. The van der Waals surface area contributed by atoms with E-state index in [9.17, 15) is 4.11 Å². The van der Waals surface area contributed by atoms with Crippen LogP contribution in [-0.4, -0.2) is 0 Å². The summed E-state index contributed by atoms with van der Waals surface area (Å²) in [6.45, 7) is 0. The van der Waals surface area contributed by atoms with Crippen molar-refractivity contribution >= 4 is 43.5 Å². The standard InChI is InChI=1S/C44H28O/c1-3-14-29(15-4-1)31-26-27-40-39(28-31)44-38(24-13-25-41(44)45-40)43-36-22-11-9-20-34(36)42(35-21-10-12-23-37(35)43)33-19-8-7-18-32(33)30-16-5-2-6-17-30/h1-28H/i1D,3D,4D,7D,8D,13D,14D,15D,18D,19D,24D,25D,26D,27D,28D. The van der Waals surface area contributed by atoms with Crippen LogP contribution in [0.4, 0.5) is 0 Å². The summed E-state index contributed by atoms with van der Waals surface area (Å²) in [6, 6.07) is 14.9. The van der Waals surface area contributed by atoms with Crippen LogP contribution in [0.2, 0.25) is 0 Å². The molecule has 1 nitrogen and oxygen atoms in total. The number of hydrogen-bond donors (Lipinski definition) is 0. The molecule has 210 valence electrons. The van der Waals surface area contributed by atoms with Gasteiger partial charge in [0.05, 0.1) is 20.6 Å². The van der Waals surface area contributed by atoms with Crippen LogP contribution in [0.15, 0.2) is 174 Å². The van der Waals surface area contributed by atoms with Crippen molar-refractivity contribution in [3.05, 3.63) is 169 Å². The monoisotopic (exact) mass is 587 g/mol. The summed E-state index contributed by atoms with van der Waals surface area (Å²) in [5.41, 5.74) is 0.404.